The highest BCUT2D eigenvalue weighted by molar-refractivity contribution is 6.31. The number of phenols is 1. The molecule has 118 valence electrons. The summed E-state index contributed by atoms with van der Waals surface area (Å²) in [5, 5.41) is 14.6. The zero-order valence-corrected chi connectivity index (χ0v) is 12.9. The van der Waals surface area contributed by atoms with Crippen LogP contribution >= 0.6 is 11.6 Å². The monoisotopic (exact) mass is 331 g/mol. The number of aromatic hydroxyl groups is 1. The van der Waals surface area contributed by atoms with Gasteiger partial charge in [0.2, 0.25) is 0 Å². The van der Waals surface area contributed by atoms with Gasteiger partial charge in [-0.05, 0) is 35.9 Å². The summed E-state index contributed by atoms with van der Waals surface area (Å²) >= 11 is 5.99. The summed E-state index contributed by atoms with van der Waals surface area (Å²) in [6, 6.07) is 10.6. The van der Waals surface area contributed by atoms with Gasteiger partial charge in [-0.3, -0.25) is 0 Å². The topological polar surface area (TPSA) is 60.3 Å². The summed E-state index contributed by atoms with van der Waals surface area (Å²) in [7, 11) is 0. The van der Waals surface area contributed by atoms with Gasteiger partial charge in [0.05, 0.1) is 5.71 Å². The molecule has 2 heterocycles. The Kier molecular flexibility index (Phi) is 3.50. The number of oxime groups is 1. The second-order valence-electron chi connectivity index (χ2n) is 5.40. The summed E-state index contributed by atoms with van der Waals surface area (Å²) in [6.45, 7) is 1.10. The average molecular weight is 332 g/mol. The molecule has 0 aromatic heterocycles. The SMILES string of the molecule is Oc1ccc(Cl)cc1C1=NOC(c2ccc3c(c2)OCCO3)C1. The van der Waals surface area contributed by atoms with E-state index in [-0.39, 0.29) is 11.9 Å². The molecule has 0 bridgehead atoms. The predicted molar refractivity (Wildman–Crippen MR) is 85.5 cm³/mol. The lowest BCUT2D eigenvalue weighted by atomic mass is 9.99. The standard InChI is InChI=1S/C17H14ClNO4/c18-11-2-3-14(20)12(8-11)13-9-16(23-19-13)10-1-4-15-17(7-10)22-6-5-21-15/h1-4,7-8,16,20H,5-6,9H2. The smallest absolute Gasteiger partial charge is 0.161 e. The van der Waals surface area contributed by atoms with E-state index < -0.39 is 0 Å². The van der Waals surface area contributed by atoms with Crippen LogP contribution in [0, 0.1) is 0 Å². The highest BCUT2D eigenvalue weighted by Gasteiger charge is 2.27. The van der Waals surface area contributed by atoms with Crippen LogP contribution in [0.3, 0.4) is 0 Å². The van der Waals surface area contributed by atoms with E-state index >= 15 is 0 Å². The van der Waals surface area contributed by atoms with Crippen LogP contribution in [0.1, 0.15) is 23.7 Å². The van der Waals surface area contributed by atoms with Crippen LogP contribution in [-0.2, 0) is 4.84 Å². The molecule has 2 aliphatic rings. The van der Waals surface area contributed by atoms with Gasteiger partial charge in [0.1, 0.15) is 19.0 Å². The number of hydrogen-bond donors (Lipinski definition) is 1. The summed E-state index contributed by atoms with van der Waals surface area (Å²) in [4.78, 5) is 5.53. The van der Waals surface area contributed by atoms with Gasteiger partial charge in [-0.2, -0.15) is 0 Å². The van der Waals surface area contributed by atoms with Crippen LogP contribution in [-0.4, -0.2) is 24.0 Å². The maximum atomic E-state index is 9.98. The number of phenolic OH excluding ortho intramolecular Hbond substituents is 1. The Bertz CT molecular complexity index is 790. The van der Waals surface area contributed by atoms with E-state index in [0.29, 0.717) is 35.9 Å². The fourth-order valence-electron chi connectivity index (χ4n) is 2.71. The molecule has 4 rings (SSSR count). The Labute approximate surface area is 138 Å². The zero-order chi connectivity index (χ0) is 15.8. The van der Waals surface area contributed by atoms with Crippen LogP contribution in [0.15, 0.2) is 41.6 Å². The minimum atomic E-state index is -0.223. The normalized spacial score (nSPS) is 19.2. The largest absolute Gasteiger partial charge is 0.507 e. The van der Waals surface area contributed by atoms with Crippen molar-refractivity contribution >= 4 is 17.3 Å². The molecule has 0 amide bonds. The minimum absolute atomic E-state index is 0.138. The molecule has 2 aromatic carbocycles. The molecule has 0 aliphatic carbocycles. The fourth-order valence-corrected chi connectivity index (χ4v) is 2.89. The van der Waals surface area contributed by atoms with E-state index in [1.807, 2.05) is 18.2 Å². The van der Waals surface area contributed by atoms with Gasteiger partial charge in [-0.25, -0.2) is 0 Å². The summed E-state index contributed by atoms with van der Waals surface area (Å²) < 4.78 is 11.1. The number of nitrogens with zero attached hydrogens (tertiary/aromatic N) is 1. The number of hydrogen-bond acceptors (Lipinski definition) is 5. The molecule has 6 heteroatoms. The van der Waals surface area contributed by atoms with Crippen LogP contribution < -0.4 is 9.47 Å². The number of fused-ring (bicyclic) bond motifs is 1. The van der Waals surface area contributed by atoms with Crippen molar-refractivity contribution in [1.82, 2.24) is 0 Å². The molecule has 0 fully saturated rings. The Hall–Kier alpha value is -2.40. The van der Waals surface area contributed by atoms with Gasteiger partial charge in [-0.1, -0.05) is 22.8 Å². The predicted octanol–water partition coefficient (Wildman–Crippen LogP) is 3.68. The van der Waals surface area contributed by atoms with E-state index in [1.54, 1.807) is 18.2 Å². The van der Waals surface area contributed by atoms with Crippen molar-refractivity contribution in [2.24, 2.45) is 5.16 Å². The van der Waals surface area contributed by atoms with E-state index in [9.17, 15) is 5.11 Å². The molecule has 0 saturated heterocycles. The number of rotatable bonds is 2. The first-order valence-corrected chi connectivity index (χ1v) is 7.69. The molecule has 2 aliphatic heterocycles. The van der Waals surface area contributed by atoms with Crippen molar-refractivity contribution in [2.75, 3.05) is 13.2 Å². The minimum Gasteiger partial charge on any atom is -0.507 e. The molecule has 1 atom stereocenters. The van der Waals surface area contributed by atoms with Crippen molar-refractivity contribution in [3.63, 3.8) is 0 Å². The van der Waals surface area contributed by atoms with Gasteiger partial charge in [-0.15, -0.1) is 0 Å². The third-order valence-electron chi connectivity index (χ3n) is 3.88. The van der Waals surface area contributed by atoms with Gasteiger partial charge in [0.25, 0.3) is 0 Å². The average Bonchev–Trinajstić information content (AvgIpc) is 3.06. The first kappa shape index (κ1) is 14.2. The number of benzene rings is 2. The van der Waals surface area contributed by atoms with Crippen molar-refractivity contribution < 1.29 is 19.4 Å². The van der Waals surface area contributed by atoms with Gasteiger partial charge < -0.3 is 19.4 Å². The first-order valence-electron chi connectivity index (χ1n) is 7.32. The number of halogens is 1. The first-order chi connectivity index (χ1) is 11.2. The van der Waals surface area contributed by atoms with Crippen LogP contribution in [0.25, 0.3) is 0 Å². The van der Waals surface area contributed by atoms with Crippen molar-refractivity contribution in [3.8, 4) is 17.2 Å². The lowest BCUT2D eigenvalue weighted by molar-refractivity contribution is 0.0850. The van der Waals surface area contributed by atoms with Crippen LogP contribution in [0.5, 0.6) is 17.2 Å². The second-order valence-corrected chi connectivity index (χ2v) is 5.84. The highest BCUT2D eigenvalue weighted by Crippen LogP contribution is 2.37. The van der Waals surface area contributed by atoms with Crippen molar-refractivity contribution in [3.05, 3.63) is 52.5 Å². The third-order valence-corrected chi connectivity index (χ3v) is 4.11. The fraction of sp³-hybridized carbons (Fsp3) is 0.235. The quantitative estimate of drug-likeness (QED) is 0.912. The van der Waals surface area contributed by atoms with E-state index in [4.69, 9.17) is 25.9 Å². The molecule has 0 spiro atoms. The molecule has 1 N–H and O–H groups in total. The molecule has 23 heavy (non-hydrogen) atoms. The Morgan fingerprint density at radius 2 is 1.87 bits per heavy atom. The molecule has 1 unspecified atom stereocenters. The number of ether oxygens (including phenoxy) is 2. The lowest BCUT2D eigenvalue weighted by Crippen LogP contribution is -2.15. The molecule has 2 aromatic rings. The molecular formula is C17H14ClNO4. The maximum Gasteiger partial charge on any atom is 0.161 e. The Morgan fingerprint density at radius 3 is 2.74 bits per heavy atom. The Morgan fingerprint density at radius 1 is 1.04 bits per heavy atom. The molecule has 0 saturated carbocycles. The third kappa shape index (κ3) is 2.68. The summed E-state index contributed by atoms with van der Waals surface area (Å²) in [6.07, 6.45) is 0.326. The molecule has 0 radical (unpaired) electrons. The van der Waals surface area contributed by atoms with Crippen molar-refractivity contribution in [1.29, 1.82) is 0 Å². The summed E-state index contributed by atoms with van der Waals surface area (Å²) in [5.74, 6) is 1.60. The summed E-state index contributed by atoms with van der Waals surface area (Å²) in [5.41, 5.74) is 2.22. The second kappa shape index (κ2) is 5.66. The lowest BCUT2D eigenvalue weighted by Gasteiger charge is -2.19. The maximum absolute atomic E-state index is 9.98. The molecular weight excluding hydrogens is 318 g/mol. The van der Waals surface area contributed by atoms with Gasteiger partial charge in [0, 0.05) is 17.0 Å². The van der Waals surface area contributed by atoms with Crippen molar-refractivity contribution in [2.45, 2.75) is 12.5 Å². The Balaban J connectivity index is 1.57. The van der Waals surface area contributed by atoms with Gasteiger partial charge in [0.15, 0.2) is 17.6 Å². The zero-order valence-electron chi connectivity index (χ0n) is 12.2. The van der Waals surface area contributed by atoms with Crippen LogP contribution in [0.2, 0.25) is 5.02 Å². The van der Waals surface area contributed by atoms with E-state index in [2.05, 4.69) is 5.16 Å². The molecule has 5 nitrogen and oxygen atoms in total. The van der Waals surface area contributed by atoms with Crippen LogP contribution in [0.4, 0.5) is 0 Å². The van der Waals surface area contributed by atoms with E-state index in [1.165, 1.54) is 0 Å². The van der Waals surface area contributed by atoms with Gasteiger partial charge >= 0.3 is 0 Å². The van der Waals surface area contributed by atoms with E-state index in [0.717, 1.165) is 17.1 Å². The highest BCUT2D eigenvalue weighted by atomic mass is 35.5.